The summed E-state index contributed by atoms with van der Waals surface area (Å²) < 4.78 is 72.7. The number of para-hydroxylation sites is 6. The van der Waals surface area contributed by atoms with Gasteiger partial charge in [0.25, 0.3) is 6.71 Å². The third-order valence-electron chi connectivity index (χ3n) is 9.19. The first kappa shape index (κ1) is 18.7. The molecule has 0 aliphatic carbocycles. The standard InChI is InChI=1S/C42H28BN3/c1-3-15-29(16-4-1)44-38-25-13-9-21-34(38)43-35-22-10-14-26-39(35)45(30-17-5-2-6-18-30)41-28-31(27-40(44)42(41)43)46-36-23-11-7-19-32(36)33-20-8-12-24-37(33)46/h1-28H/i7D,8D,11D,12D,19D,20D,23D,24D. The molecule has 0 amide bonds. The molecule has 0 saturated carbocycles. The Hall–Kier alpha value is -6.00. The number of hydrogen-bond acceptors (Lipinski definition) is 2. The Morgan fingerprint density at radius 1 is 0.435 bits per heavy atom. The summed E-state index contributed by atoms with van der Waals surface area (Å²) in [4.78, 5) is 4.42. The summed E-state index contributed by atoms with van der Waals surface area (Å²) in [6, 6.07) is 37.6. The molecular weight excluding hydrogens is 557 g/mol. The van der Waals surface area contributed by atoms with Crippen LogP contribution in [-0.4, -0.2) is 11.3 Å². The molecule has 3 heterocycles. The van der Waals surface area contributed by atoms with Gasteiger partial charge in [-0.1, -0.05) is 109 Å². The number of rotatable bonds is 3. The number of nitrogens with zero attached hydrogens (tertiary/aromatic N) is 3. The van der Waals surface area contributed by atoms with Crippen molar-refractivity contribution in [3.63, 3.8) is 0 Å². The zero-order chi connectivity index (χ0) is 37.2. The van der Waals surface area contributed by atoms with Gasteiger partial charge in [-0.25, -0.2) is 0 Å². The van der Waals surface area contributed by atoms with Crippen LogP contribution in [0.5, 0.6) is 0 Å². The summed E-state index contributed by atoms with van der Waals surface area (Å²) in [5.41, 5.74) is 9.41. The molecule has 0 spiro atoms. The molecular formula is C42H28BN3. The van der Waals surface area contributed by atoms with Crippen LogP contribution in [0.3, 0.4) is 0 Å². The van der Waals surface area contributed by atoms with E-state index < -0.39 is 24.2 Å². The lowest BCUT2D eigenvalue weighted by Gasteiger charge is -2.44. The summed E-state index contributed by atoms with van der Waals surface area (Å²) in [5, 5.41) is 0.0885. The van der Waals surface area contributed by atoms with Gasteiger partial charge in [0.1, 0.15) is 0 Å². The Balaban J connectivity index is 1.43. The predicted octanol–water partition coefficient (Wildman–Crippen LogP) is 8.87. The van der Waals surface area contributed by atoms with Crippen molar-refractivity contribution < 1.29 is 11.0 Å². The first-order valence-electron chi connectivity index (χ1n) is 19.3. The van der Waals surface area contributed by atoms with E-state index in [1.807, 2.05) is 60.7 Å². The zero-order valence-electron chi connectivity index (χ0n) is 32.5. The van der Waals surface area contributed by atoms with E-state index in [-0.39, 0.29) is 52.7 Å². The van der Waals surface area contributed by atoms with E-state index in [2.05, 4.69) is 70.5 Å². The Morgan fingerprint density at radius 3 is 1.37 bits per heavy atom. The van der Waals surface area contributed by atoms with Crippen LogP contribution in [0.25, 0.3) is 27.5 Å². The van der Waals surface area contributed by atoms with Crippen molar-refractivity contribution in [1.82, 2.24) is 4.57 Å². The summed E-state index contributed by atoms with van der Waals surface area (Å²) in [6.45, 7) is -0.163. The highest BCUT2D eigenvalue weighted by molar-refractivity contribution is 7.00. The van der Waals surface area contributed by atoms with Crippen LogP contribution in [0.2, 0.25) is 0 Å². The molecule has 4 heteroatoms. The quantitative estimate of drug-likeness (QED) is 0.190. The van der Waals surface area contributed by atoms with Crippen LogP contribution in [-0.2, 0) is 0 Å². The Bertz CT molecular complexity index is 2710. The molecule has 3 nitrogen and oxygen atoms in total. The monoisotopic (exact) mass is 593 g/mol. The fourth-order valence-corrected chi connectivity index (χ4v) is 7.40. The van der Waals surface area contributed by atoms with Gasteiger partial charge in [-0.15, -0.1) is 0 Å². The molecule has 0 bridgehead atoms. The first-order valence-corrected chi connectivity index (χ1v) is 15.3. The fourth-order valence-electron chi connectivity index (χ4n) is 7.40. The molecule has 2 aliphatic rings. The maximum Gasteiger partial charge on any atom is 0.252 e. The van der Waals surface area contributed by atoms with Gasteiger partial charge >= 0.3 is 0 Å². The Morgan fingerprint density at radius 2 is 0.870 bits per heavy atom. The molecule has 0 saturated heterocycles. The molecule has 214 valence electrons. The highest BCUT2D eigenvalue weighted by Gasteiger charge is 2.43. The molecule has 7 aromatic carbocycles. The van der Waals surface area contributed by atoms with Crippen LogP contribution >= 0.6 is 0 Å². The SMILES string of the molecule is [2H]c1c([2H])c([2H])c2c(c1[2H])c1c([2H])c([2H])c([2H])c([2H])c1n2-c1cc2c3c(c1)N(c1ccccc1)c1ccccc1B3c1ccccc1N2c1ccccc1. The number of aromatic nitrogens is 1. The fraction of sp³-hybridized carbons (Fsp3) is 0. The normalized spacial score (nSPS) is 15.5. The van der Waals surface area contributed by atoms with Gasteiger partial charge in [0.15, 0.2) is 0 Å². The largest absolute Gasteiger partial charge is 0.311 e. The number of anilines is 6. The van der Waals surface area contributed by atoms with Crippen molar-refractivity contribution in [2.75, 3.05) is 9.80 Å². The first-order chi connectivity index (χ1) is 26.2. The molecule has 1 aromatic heterocycles. The lowest BCUT2D eigenvalue weighted by Crippen LogP contribution is -2.61. The second-order valence-corrected chi connectivity index (χ2v) is 11.6. The molecule has 46 heavy (non-hydrogen) atoms. The molecule has 0 radical (unpaired) electrons. The number of benzene rings is 7. The van der Waals surface area contributed by atoms with Crippen LogP contribution in [0.15, 0.2) is 170 Å². The molecule has 8 aromatic rings. The number of fused-ring (bicyclic) bond motifs is 7. The molecule has 2 aliphatic heterocycles. The second kappa shape index (κ2) is 9.75. The van der Waals surface area contributed by atoms with E-state index in [4.69, 9.17) is 8.22 Å². The van der Waals surface area contributed by atoms with Crippen molar-refractivity contribution in [1.29, 1.82) is 0 Å². The minimum absolute atomic E-state index is 0.0442. The lowest BCUT2D eigenvalue weighted by atomic mass is 9.33. The highest BCUT2D eigenvalue weighted by Crippen LogP contribution is 2.45. The maximum atomic E-state index is 9.22. The predicted molar refractivity (Wildman–Crippen MR) is 195 cm³/mol. The van der Waals surface area contributed by atoms with E-state index in [0.717, 1.165) is 50.5 Å². The third-order valence-corrected chi connectivity index (χ3v) is 9.19. The smallest absolute Gasteiger partial charge is 0.252 e. The van der Waals surface area contributed by atoms with Crippen molar-refractivity contribution >= 4 is 79.0 Å². The number of hydrogen-bond donors (Lipinski definition) is 0. The van der Waals surface area contributed by atoms with Crippen LogP contribution in [0.4, 0.5) is 34.1 Å². The van der Waals surface area contributed by atoms with Crippen molar-refractivity contribution in [2.24, 2.45) is 0 Å². The summed E-state index contributed by atoms with van der Waals surface area (Å²) in [6.07, 6.45) is 0. The Labute approximate surface area is 279 Å². The minimum atomic E-state index is -0.471. The van der Waals surface area contributed by atoms with E-state index in [9.17, 15) is 2.74 Å². The van der Waals surface area contributed by atoms with Crippen LogP contribution in [0, 0.1) is 0 Å². The average Bonchev–Trinajstić information content (AvgIpc) is 3.57. The van der Waals surface area contributed by atoms with E-state index in [1.165, 1.54) is 0 Å². The lowest BCUT2D eigenvalue weighted by molar-refractivity contribution is 1.16. The molecule has 0 fully saturated rings. The van der Waals surface area contributed by atoms with Gasteiger partial charge in [-0.05, 0) is 77.0 Å². The van der Waals surface area contributed by atoms with Gasteiger partial charge in [-0.3, -0.25) is 0 Å². The second-order valence-electron chi connectivity index (χ2n) is 11.6. The maximum absolute atomic E-state index is 9.22. The minimum Gasteiger partial charge on any atom is -0.311 e. The van der Waals surface area contributed by atoms with E-state index in [1.54, 1.807) is 4.57 Å². The van der Waals surface area contributed by atoms with Gasteiger partial charge in [0.2, 0.25) is 0 Å². The van der Waals surface area contributed by atoms with Crippen LogP contribution < -0.4 is 26.2 Å². The van der Waals surface area contributed by atoms with Gasteiger partial charge in [0, 0.05) is 44.9 Å². The van der Waals surface area contributed by atoms with Gasteiger partial charge < -0.3 is 14.4 Å². The zero-order valence-corrected chi connectivity index (χ0v) is 24.5. The van der Waals surface area contributed by atoms with Gasteiger partial charge in [-0.2, -0.15) is 0 Å². The van der Waals surface area contributed by atoms with Crippen molar-refractivity contribution in [3.05, 3.63) is 170 Å². The molecule has 10 rings (SSSR count). The van der Waals surface area contributed by atoms with Crippen molar-refractivity contribution in [2.45, 2.75) is 0 Å². The van der Waals surface area contributed by atoms with Crippen molar-refractivity contribution in [3.8, 4) is 5.69 Å². The summed E-state index contributed by atoms with van der Waals surface area (Å²) in [7, 11) is 0. The van der Waals surface area contributed by atoms with Gasteiger partial charge in [0.05, 0.1) is 27.7 Å². The summed E-state index contributed by atoms with van der Waals surface area (Å²) >= 11 is 0. The third kappa shape index (κ3) is 3.50. The van der Waals surface area contributed by atoms with Crippen LogP contribution in [0.1, 0.15) is 11.0 Å². The topological polar surface area (TPSA) is 11.4 Å². The highest BCUT2D eigenvalue weighted by atomic mass is 15.2. The molecule has 0 unspecified atom stereocenters. The van der Waals surface area contributed by atoms with E-state index >= 15 is 0 Å². The van der Waals surface area contributed by atoms with E-state index in [0.29, 0.717) is 5.69 Å². The molecule has 0 N–H and O–H groups in total. The molecule has 0 atom stereocenters. The Kier molecular flexibility index (Phi) is 3.97. The average molecular weight is 594 g/mol. The summed E-state index contributed by atoms with van der Waals surface area (Å²) in [5.74, 6) is 0.